The molecule has 3 fully saturated rings. The Kier molecular flexibility index (Phi) is 21.3. The molecule has 16 atom stereocenters. The minimum absolute atomic E-state index is 0.0511. The molecule has 72 heavy (non-hydrogen) atoms. The Morgan fingerprint density at radius 2 is 1.57 bits per heavy atom. The van der Waals surface area contributed by atoms with Gasteiger partial charge in [0, 0.05) is 50.9 Å². The van der Waals surface area contributed by atoms with E-state index in [4.69, 9.17) is 24.7 Å². The summed E-state index contributed by atoms with van der Waals surface area (Å²) in [5.41, 5.74) is 10.7. The number of nitrogens with two attached hydrogens (primary N) is 1. The molecule has 1 aliphatic carbocycles. The van der Waals surface area contributed by atoms with Gasteiger partial charge in [0.05, 0.1) is 24.4 Å². The molecule has 2 bridgehead atoms. The van der Waals surface area contributed by atoms with Crippen LogP contribution in [0.1, 0.15) is 137 Å². The van der Waals surface area contributed by atoms with E-state index in [0.29, 0.717) is 82.6 Å². The van der Waals surface area contributed by atoms with Crippen LogP contribution in [-0.2, 0) is 39.8 Å². The number of para-hydroxylation sites is 1. The van der Waals surface area contributed by atoms with Gasteiger partial charge in [-0.1, -0.05) is 87.9 Å². The van der Waals surface area contributed by atoms with Crippen LogP contribution in [0.25, 0.3) is 0 Å². The number of carbonyl (C=O) groups excluding carboxylic acids is 3. The number of hydrogen-bond donors (Lipinski definition) is 5. The molecule has 1 amide bonds. The molecule has 6 rings (SSSR count). The van der Waals surface area contributed by atoms with Crippen molar-refractivity contribution in [3.63, 3.8) is 0 Å². The van der Waals surface area contributed by atoms with E-state index >= 15 is 0 Å². The average molecular weight is 1000 g/mol. The summed E-state index contributed by atoms with van der Waals surface area (Å²) in [5, 5.41) is 46.6. The molecule has 402 valence electrons. The van der Waals surface area contributed by atoms with E-state index in [1.807, 2.05) is 32.1 Å². The molecular formula is C58H89N3O11. The van der Waals surface area contributed by atoms with Crippen molar-refractivity contribution in [3.05, 3.63) is 77.4 Å². The smallest absolute Gasteiger partial charge is 0.329 e. The van der Waals surface area contributed by atoms with E-state index in [-0.39, 0.29) is 42.2 Å². The van der Waals surface area contributed by atoms with Crippen molar-refractivity contribution >= 4 is 23.3 Å². The summed E-state index contributed by atoms with van der Waals surface area (Å²) in [7, 11) is 3.04. The molecule has 4 aliphatic heterocycles. The van der Waals surface area contributed by atoms with Crippen molar-refractivity contribution in [2.24, 2.45) is 35.3 Å². The minimum atomic E-state index is -2.21. The van der Waals surface area contributed by atoms with E-state index in [9.17, 15) is 34.8 Å². The number of aliphatic hydroxyl groups excluding tert-OH is 3. The molecule has 6 N–H and O–H groups in total. The molecule has 4 heterocycles. The quantitative estimate of drug-likeness (QED) is 0.141. The minimum Gasteiger partial charge on any atom is -0.461 e. The highest BCUT2D eigenvalue weighted by atomic mass is 16.6. The molecule has 1 aromatic rings. The zero-order chi connectivity index (χ0) is 52.3. The molecule has 1 aromatic carbocycles. The molecule has 2 saturated heterocycles. The molecule has 14 nitrogen and oxygen atoms in total. The van der Waals surface area contributed by atoms with Crippen molar-refractivity contribution in [2.45, 2.75) is 204 Å². The van der Waals surface area contributed by atoms with E-state index in [0.717, 1.165) is 37.1 Å². The number of aliphatic hydroxyl groups is 4. The van der Waals surface area contributed by atoms with Crippen LogP contribution in [0.5, 0.6) is 0 Å². The maximum atomic E-state index is 14.7. The number of hydrogen-bond acceptors (Lipinski definition) is 13. The highest BCUT2D eigenvalue weighted by Crippen LogP contribution is 2.41. The number of cyclic esters (lactones) is 1. The standard InChI is InChI=1S/C58H89N3O11/c1-36-17-10-9-11-18-37(2)48(60-30-16-20-43-19-12-13-21-46(43)60)35-45-26-23-41(6)58(68,72-45)55(65)56(66)61-29-15-14-22-47(61)57(67)71-50(38(3)32-42-24-27-49(62)51(34-42)69-7)28-25-44(59)33-40(5)53(64)54(70-8)52(63)39(4)31-36/h9-13,17-19,21,33,36,38-39,41-42,44-45,47-51,53-55,62,64-65,68H,14-16,20,22-32,34-35,59H2,1-8H3/b11-9+,17-10+,37-18+,40-33+/t36-,38-,39?,41?,42?,44+,45+,47?,48-,49-,50+,51?,53?,54+,55?,58?/m1/s1. The number of anilines is 1. The Morgan fingerprint density at radius 1 is 0.819 bits per heavy atom. The normalized spacial score (nSPS) is 39.5. The Hall–Kier alpha value is -3.73. The molecular weight excluding hydrogens is 915 g/mol. The number of piperidine rings is 1. The molecule has 0 spiro atoms. The molecule has 8 unspecified atom stereocenters. The summed E-state index contributed by atoms with van der Waals surface area (Å²) in [5.74, 6) is -4.60. The van der Waals surface area contributed by atoms with Gasteiger partial charge >= 0.3 is 5.97 Å². The lowest BCUT2D eigenvalue weighted by atomic mass is 9.78. The number of benzene rings is 1. The average Bonchev–Trinajstić information content (AvgIpc) is 3.37. The Balaban J connectivity index is 1.32. The Bertz CT molecular complexity index is 2070. The molecule has 0 radical (unpaired) electrons. The van der Waals surface area contributed by atoms with Gasteiger partial charge in [0.2, 0.25) is 5.79 Å². The van der Waals surface area contributed by atoms with Crippen LogP contribution in [-0.4, -0.2) is 137 Å². The van der Waals surface area contributed by atoms with Gasteiger partial charge in [0.25, 0.3) is 5.91 Å². The maximum absolute atomic E-state index is 14.7. The first-order valence-corrected chi connectivity index (χ1v) is 27.2. The molecule has 14 heteroatoms. The lowest BCUT2D eigenvalue weighted by molar-refractivity contribution is -0.316. The van der Waals surface area contributed by atoms with Crippen molar-refractivity contribution < 1.29 is 53.8 Å². The first-order valence-electron chi connectivity index (χ1n) is 27.2. The predicted molar refractivity (Wildman–Crippen MR) is 280 cm³/mol. The number of Topliss-reactive ketones (excluding diaryl/α,β-unsaturated/α-hetero) is 1. The van der Waals surface area contributed by atoms with Gasteiger partial charge in [-0.15, -0.1) is 0 Å². The Labute approximate surface area is 430 Å². The van der Waals surface area contributed by atoms with Crippen molar-refractivity contribution in [1.29, 1.82) is 0 Å². The van der Waals surface area contributed by atoms with Crippen LogP contribution in [0.2, 0.25) is 0 Å². The fraction of sp³-hybridized carbons (Fsp3) is 0.707. The number of methoxy groups -OCH3 is 2. The Morgan fingerprint density at radius 3 is 2.32 bits per heavy atom. The van der Waals surface area contributed by atoms with E-state index in [2.05, 4.69) is 55.2 Å². The summed E-state index contributed by atoms with van der Waals surface area (Å²) >= 11 is 0. The van der Waals surface area contributed by atoms with Gasteiger partial charge in [-0.2, -0.15) is 0 Å². The molecule has 1 saturated carbocycles. The van der Waals surface area contributed by atoms with Crippen LogP contribution in [0.4, 0.5) is 5.69 Å². The summed E-state index contributed by atoms with van der Waals surface area (Å²) in [6.07, 6.45) is 15.0. The number of nitrogens with zero attached hydrogens (tertiary/aromatic N) is 2. The number of esters is 1. The monoisotopic (exact) mass is 1000 g/mol. The van der Waals surface area contributed by atoms with E-state index in [1.54, 1.807) is 27.0 Å². The summed E-state index contributed by atoms with van der Waals surface area (Å²) in [4.78, 5) is 46.9. The number of carbonyl (C=O) groups is 3. The lowest BCUT2D eigenvalue weighted by Gasteiger charge is -2.47. The van der Waals surface area contributed by atoms with Crippen LogP contribution >= 0.6 is 0 Å². The van der Waals surface area contributed by atoms with Gasteiger partial charge in [-0.3, -0.25) is 9.59 Å². The van der Waals surface area contributed by atoms with Gasteiger partial charge in [-0.25, -0.2) is 4.79 Å². The largest absolute Gasteiger partial charge is 0.461 e. The fourth-order valence-corrected chi connectivity index (χ4v) is 12.3. The zero-order valence-electron chi connectivity index (χ0n) is 44.6. The molecule has 0 aromatic heterocycles. The third-order valence-electron chi connectivity index (χ3n) is 16.8. The number of aryl methyl sites for hydroxylation is 1. The van der Waals surface area contributed by atoms with Gasteiger partial charge < -0.3 is 54.9 Å². The number of ketones is 1. The second-order valence-corrected chi connectivity index (χ2v) is 22.3. The third-order valence-corrected chi connectivity index (χ3v) is 16.8. The number of fused-ring (bicyclic) bond motifs is 4. The SMILES string of the molecule is COC1CC(C[C@@H](C)[C@@H]2CC[C@H](N)/C=C(\C)C(O)[C@@H](OC)C(=O)C(C)C[C@H](C)/C=C/C=C/C=C(\C)[C@H](N3CCCc4ccccc43)C[C@@H]3CCC(C)C(O)(O3)C(O)C(=O)N3CCCCC3C(=O)O2)CC[C@H]1O. The van der Waals surface area contributed by atoms with E-state index < -0.39 is 78.2 Å². The number of allylic oxidation sites excluding steroid dienone is 5. The highest BCUT2D eigenvalue weighted by Gasteiger charge is 2.53. The topological polar surface area (TPSA) is 202 Å². The van der Waals surface area contributed by atoms with Gasteiger partial charge in [0.1, 0.15) is 24.4 Å². The number of ether oxygens (including phenoxy) is 4. The molecule has 5 aliphatic rings. The predicted octanol–water partition coefficient (Wildman–Crippen LogP) is 7.29. The third kappa shape index (κ3) is 14.3. The zero-order valence-corrected chi connectivity index (χ0v) is 44.6. The highest BCUT2D eigenvalue weighted by molar-refractivity contribution is 5.88. The van der Waals surface area contributed by atoms with Crippen molar-refractivity contribution in [1.82, 2.24) is 4.90 Å². The van der Waals surface area contributed by atoms with Crippen LogP contribution in [0.15, 0.2) is 71.9 Å². The summed E-state index contributed by atoms with van der Waals surface area (Å²) in [6, 6.07) is 6.76. The number of amides is 1. The van der Waals surface area contributed by atoms with E-state index in [1.165, 1.54) is 17.6 Å². The second kappa shape index (κ2) is 26.7. The van der Waals surface area contributed by atoms with Crippen LogP contribution in [0.3, 0.4) is 0 Å². The fourth-order valence-electron chi connectivity index (χ4n) is 12.3. The summed E-state index contributed by atoms with van der Waals surface area (Å²) < 4.78 is 24.3. The second-order valence-electron chi connectivity index (χ2n) is 22.3. The van der Waals surface area contributed by atoms with Crippen molar-refractivity contribution in [3.8, 4) is 0 Å². The first-order chi connectivity index (χ1) is 34.4. The first kappa shape index (κ1) is 57.5. The number of rotatable bonds is 6. The van der Waals surface area contributed by atoms with Crippen LogP contribution in [0, 0.1) is 29.6 Å². The maximum Gasteiger partial charge on any atom is 0.329 e. The van der Waals surface area contributed by atoms with Gasteiger partial charge in [-0.05, 0) is 145 Å². The van der Waals surface area contributed by atoms with Gasteiger partial charge in [0.15, 0.2) is 11.9 Å². The summed E-state index contributed by atoms with van der Waals surface area (Å²) in [6.45, 7) is 12.6. The van der Waals surface area contributed by atoms with Crippen LogP contribution < -0.4 is 10.6 Å². The van der Waals surface area contributed by atoms with Crippen molar-refractivity contribution in [2.75, 3.05) is 32.2 Å². The lowest BCUT2D eigenvalue weighted by Crippen LogP contribution is -2.63.